The molecule has 4 nitrogen and oxygen atoms in total. The minimum absolute atomic E-state index is 0.119. The van der Waals surface area contributed by atoms with E-state index >= 15 is 0 Å². The molecule has 0 spiro atoms. The highest BCUT2D eigenvalue weighted by atomic mass is 79.9. The highest BCUT2D eigenvalue weighted by molar-refractivity contribution is 9.10. The van der Waals surface area contributed by atoms with Gasteiger partial charge in [0.15, 0.2) is 0 Å². The Kier molecular flexibility index (Phi) is 3.45. The zero-order valence-electron chi connectivity index (χ0n) is 9.94. The summed E-state index contributed by atoms with van der Waals surface area (Å²) in [6.45, 7) is 0. The van der Waals surface area contributed by atoms with Crippen LogP contribution >= 0.6 is 31.9 Å². The maximum atomic E-state index is 12.3. The van der Waals surface area contributed by atoms with Crippen LogP contribution < -0.4 is 5.32 Å². The Labute approximate surface area is 127 Å². The number of halogens is 2. The van der Waals surface area contributed by atoms with E-state index in [9.17, 15) is 4.79 Å². The van der Waals surface area contributed by atoms with Gasteiger partial charge in [0.05, 0.1) is 5.69 Å². The molecule has 98 valence electrons. The van der Waals surface area contributed by atoms with Gasteiger partial charge in [-0.3, -0.25) is 4.79 Å². The van der Waals surface area contributed by atoms with E-state index in [1.165, 1.54) is 0 Å². The lowest BCUT2D eigenvalue weighted by atomic mass is 10.3. The third-order valence-electron chi connectivity index (χ3n) is 3.00. The van der Waals surface area contributed by atoms with E-state index in [2.05, 4.69) is 42.2 Å². The first-order chi connectivity index (χ1) is 9.15. The van der Waals surface area contributed by atoms with Crippen LogP contribution in [0.4, 0.5) is 5.69 Å². The molecule has 1 saturated carbocycles. The van der Waals surface area contributed by atoms with Crippen molar-refractivity contribution >= 4 is 43.5 Å². The monoisotopic (exact) mass is 383 g/mol. The van der Waals surface area contributed by atoms with Crippen molar-refractivity contribution in [1.29, 1.82) is 0 Å². The number of hydrogen-bond donors (Lipinski definition) is 1. The van der Waals surface area contributed by atoms with E-state index in [4.69, 9.17) is 0 Å². The van der Waals surface area contributed by atoms with Gasteiger partial charge in [-0.2, -0.15) is 0 Å². The van der Waals surface area contributed by atoms with E-state index in [0.717, 1.165) is 17.3 Å². The first-order valence-corrected chi connectivity index (χ1v) is 7.53. The number of nitrogens with one attached hydrogen (secondary N) is 1. The first kappa shape index (κ1) is 12.9. The average Bonchev–Trinajstić information content (AvgIpc) is 3.15. The molecule has 0 saturated heterocycles. The molecule has 1 fully saturated rings. The number of anilines is 1. The highest BCUT2D eigenvalue weighted by Crippen LogP contribution is 2.37. The lowest BCUT2D eigenvalue weighted by Crippen LogP contribution is -2.16. The van der Waals surface area contributed by atoms with Crippen LogP contribution in [0, 0.1) is 0 Å². The second-order valence-electron chi connectivity index (χ2n) is 4.48. The molecule has 2 aromatic heterocycles. The summed E-state index contributed by atoms with van der Waals surface area (Å²) in [5.41, 5.74) is 1.34. The smallest absolute Gasteiger partial charge is 0.272 e. The van der Waals surface area contributed by atoms with Crippen molar-refractivity contribution in [1.82, 2.24) is 9.55 Å². The quantitative estimate of drug-likeness (QED) is 0.813. The van der Waals surface area contributed by atoms with Crippen LogP contribution in [0.25, 0.3) is 0 Å². The molecule has 0 unspecified atom stereocenters. The van der Waals surface area contributed by atoms with E-state index in [-0.39, 0.29) is 5.91 Å². The minimum atomic E-state index is -0.119. The molecule has 1 aliphatic carbocycles. The zero-order valence-corrected chi connectivity index (χ0v) is 13.1. The predicted molar refractivity (Wildman–Crippen MR) is 80.3 cm³/mol. The summed E-state index contributed by atoms with van der Waals surface area (Å²) in [6, 6.07) is 5.91. The molecule has 0 aliphatic heterocycles. The van der Waals surface area contributed by atoms with E-state index < -0.39 is 0 Å². The number of aromatic nitrogens is 2. The molecule has 1 amide bonds. The second kappa shape index (κ2) is 5.09. The fourth-order valence-corrected chi connectivity index (χ4v) is 2.73. The Balaban J connectivity index is 1.86. The van der Waals surface area contributed by atoms with Gasteiger partial charge in [-0.05, 0) is 62.9 Å². The molecule has 6 heteroatoms. The van der Waals surface area contributed by atoms with Crippen molar-refractivity contribution in [3.8, 4) is 0 Å². The van der Waals surface area contributed by atoms with Crippen molar-refractivity contribution in [2.45, 2.75) is 18.9 Å². The van der Waals surface area contributed by atoms with Gasteiger partial charge in [0, 0.05) is 22.9 Å². The fraction of sp³-hybridized carbons (Fsp3) is 0.231. The fourth-order valence-electron chi connectivity index (χ4n) is 1.95. The summed E-state index contributed by atoms with van der Waals surface area (Å²) in [7, 11) is 0. The first-order valence-electron chi connectivity index (χ1n) is 5.94. The Morgan fingerprint density at radius 1 is 1.42 bits per heavy atom. The van der Waals surface area contributed by atoms with Crippen LogP contribution in [-0.2, 0) is 0 Å². The zero-order chi connectivity index (χ0) is 13.4. The van der Waals surface area contributed by atoms with Crippen molar-refractivity contribution in [3.63, 3.8) is 0 Å². The van der Waals surface area contributed by atoms with Gasteiger partial charge in [0.25, 0.3) is 5.91 Å². The van der Waals surface area contributed by atoms with Gasteiger partial charge < -0.3 is 9.88 Å². The lowest BCUT2D eigenvalue weighted by Gasteiger charge is -2.09. The average molecular weight is 385 g/mol. The number of carbonyl (C=O) groups excluding carboxylic acids is 1. The summed E-state index contributed by atoms with van der Waals surface area (Å²) in [6.07, 6.45) is 5.91. The molecule has 2 heterocycles. The third-order valence-corrected chi connectivity index (χ3v) is 4.06. The van der Waals surface area contributed by atoms with Crippen LogP contribution in [0.3, 0.4) is 0 Å². The molecule has 0 atom stereocenters. The summed E-state index contributed by atoms with van der Waals surface area (Å²) < 4.78 is 3.59. The third kappa shape index (κ3) is 2.74. The summed E-state index contributed by atoms with van der Waals surface area (Å²) in [4.78, 5) is 16.4. The van der Waals surface area contributed by atoms with Gasteiger partial charge >= 0.3 is 0 Å². The Hall–Kier alpha value is -1.14. The number of hydrogen-bond acceptors (Lipinski definition) is 2. The van der Waals surface area contributed by atoms with Crippen molar-refractivity contribution in [2.75, 3.05) is 5.32 Å². The Morgan fingerprint density at radius 2 is 2.21 bits per heavy atom. The van der Waals surface area contributed by atoms with Crippen LogP contribution in [0.2, 0.25) is 0 Å². The summed E-state index contributed by atoms with van der Waals surface area (Å²) in [5, 5.41) is 2.87. The van der Waals surface area contributed by atoms with E-state index in [0.29, 0.717) is 22.0 Å². The number of pyridine rings is 1. The number of nitrogens with zero attached hydrogens (tertiary/aromatic N) is 2. The molecule has 1 aliphatic rings. The molecular formula is C13H11Br2N3O. The predicted octanol–water partition coefficient (Wildman–Crippen LogP) is 4.00. The molecule has 1 N–H and O–H groups in total. The maximum Gasteiger partial charge on any atom is 0.272 e. The molecule has 2 aromatic rings. The number of rotatable bonds is 3. The molecular weight excluding hydrogens is 374 g/mol. The molecule has 3 rings (SSSR count). The van der Waals surface area contributed by atoms with Gasteiger partial charge in [-0.1, -0.05) is 0 Å². The molecule has 0 aromatic carbocycles. The van der Waals surface area contributed by atoms with Crippen LogP contribution in [0.1, 0.15) is 29.4 Å². The standard InChI is InChI=1S/C13H11Br2N3O/c14-8-6-11(18(7-8)9-3-4-9)13(19)17-10-2-1-5-16-12(10)15/h1-2,5-7,9H,3-4H2,(H,17,19). The van der Waals surface area contributed by atoms with Gasteiger partial charge in [0.2, 0.25) is 0 Å². The number of carbonyl (C=O) groups is 1. The number of amides is 1. The van der Waals surface area contributed by atoms with Gasteiger partial charge in [0.1, 0.15) is 10.3 Å². The topological polar surface area (TPSA) is 46.9 Å². The van der Waals surface area contributed by atoms with Crippen molar-refractivity contribution in [2.24, 2.45) is 0 Å². The summed E-state index contributed by atoms with van der Waals surface area (Å²) in [5.74, 6) is -0.119. The summed E-state index contributed by atoms with van der Waals surface area (Å²) >= 11 is 6.75. The van der Waals surface area contributed by atoms with Crippen molar-refractivity contribution < 1.29 is 4.79 Å². The lowest BCUT2D eigenvalue weighted by molar-refractivity contribution is 0.101. The maximum absolute atomic E-state index is 12.3. The SMILES string of the molecule is O=C(Nc1cccnc1Br)c1cc(Br)cn1C1CC1. The van der Waals surface area contributed by atoms with Gasteiger partial charge in [-0.25, -0.2) is 4.98 Å². The van der Waals surface area contributed by atoms with Crippen LogP contribution in [0.5, 0.6) is 0 Å². The second-order valence-corrected chi connectivity index (χ2v) is 6.14. The molecule has 0 bridgehead atoms. The van der Waals surface area contributed by atoms with Crippen LogP contribution in [-0.4, -0.2) is 15.5 Å². The minimum Gasteiger partial charge on any atom is -0.339 e. The Bertz CT molecular complexity index is 635. The van der Waals surface area contributed by atoms with E-state index in [1.54, 1.807) is 12.3 Å². The Morgan fingerprint density at radius 3 is 2.89 bits per heavy atom. The van der Waals surface area contributed by atoms with Crippen LogP contribution in [0.15, 0.2) is 39.7 Å². The normalized spacial score (nSPS) is 14.4. The van der Waals surface area contributed by atoms with Gasteiger partial charge in [-0.15, -0.1) is 0 Å². The van der Waals surface area contributed by atoms with E-state index in [1.807, 2.05) is 22.9 Å². The highest BCUT2D eigenvalue weighted by Gasteiger charge is 2.27. The van der Waals surface area contributed by atoms with Crippen molar-refractivity contribution in [3.05, 3.63) is 45.4 Å². The largest absolute Gasteiger partial charge is 0.339 e. The molecule has 19 heavy (non-hydrogen) atoms. The molecule has 0 radical (unpaired) electrons.